The summed E-state index contributed by atoms with van der Waals surface area (Å²) in [6.45, 7) is 2.02. The van der Waals surface area contributed by atoms with Gasteiger partial charge in [-0.15, -0.1) is 0 Å². The topological polar surface area (TPSA) is 155 Å². The van der Waals surface area contributed by atoms with Gasteiger partial charge in [-0.05, 0) is 13.8 Å². The van der Waals surface area contributed by atoms with Gasteiger partial charge >= 0.3 is 11.9 Å². The number of rotatable bonds is 6. The molecule has 3 heterocycles. The maximum Gasteiger partial charge on any atom is 0.442 e. The van der Waals surface area contributed by atoms with Crippen LogP contribution in [0.25, 0.3) is 0 Å². The average molecular weight is 469 g/mol. The summed E-state index contributed by atoms with van der Waals surface area (Å²) in [7, 11) is 3.14. The maximum absolute atomic E-state index is 13.1. The SMILES string of the molecule is Cc1c(NC(=O)c2c(NC(=O)Cn3nc(C(F)(F)F)c([N+](=O)[O-])c3C)cnn2C)cnn1C. The zero-order valence-electron chi connectivity index (χ0n) is 17.8. The minimum Gasteiger partial charge on any atom is -0.321 e. The number of nitrogens with zero attached hydrogens (tertiary/aromatic N) is 7. The number of aryl methyl sites for hydroxylation is 2. The molecule has 13 nitrogen and oxygen atoms in total. The molecule has 0 radical (unpaired) electrons. The van der Waals surface area contributed by atoms with Crippen molar-refractivity contribution in [2.75, 3.05) is 10.6 Å². The summed E-state index contributed by atoms with van der Waals surface area (Å²) in [5.74, 6) is -1.49. The molecule has 2 N–H and O–H groups in total. The standard InChI is InChI=1S/C17H18F3N9O4/c1-8-10(5-21-26(8)3)24-16(31)14-11(6-22-27(14)4)23-12(30)7-28-9(2)13(29(32)33)15(25-28)17(18,19)20/h5-6H,7H2,1-4H3,(H,23,30)(H,24,31). The van der Waals surface area contributed by atoms with E-state index in [1.807, 2.05) is 0 Å². The first kappa shape index (κ1) is 23.4. The van der Waals surface area contributed by atoms with Crippen LogP contribution in [-0.4, -0.2) is 46.1 Å². The van der Waals surface area contributed by atoms with Crippen LogP contribution < -0.4 is 10.6 Å². The van der Waals surface area contributed by atoms with E-state index in [2.05, 4.69) is 25.9 Å². The molecule has 0 saturated heterocycles. The Morgan fingerprint density at radius 1 is 1.06 bits per heavy atom. The molecule has 3 aromatic rings. The number of carbonyl (C=O) groups is 2. The summed E-state index contributed by atoms with van der Waals surface area (Å²) >= 11 is 0. The van der Waals surface area contributed by atoms with Crippen LogP contribution in [0.5, 0.6) is 0 Å². The molecular weight excluding hydrogens is 451 g/mol. The monoisotopic (exact) mass is 469 g/mol. The first-order valence-electron chi connectivity index (χ1n) is 9.22. The molecule has 0 fully saturated rings. The predicted octanol–water partition coefficient (Wildman–Crippen LogP) is 1.78. The molecule has 0 aromatic carbocycles. The molecule has 0 spiro atoms. The summed E-state index contributed by atoms with van der Waals surface area (Å²) < 4.78 is 42.6. The van der Waals surface area contributed by atoms with Crippen LogP contribution in [0, 0.1) is 24.0 Å². The number of hydrogen-bond acceptors (Lipinski definition) is 7. The lowest BCUT2D eigenvalue weighted by molar-refractivity contribution is -0.388. The van der Waals surface area contributed by atoms with Gasteiger partial charge in [-0.1, -0.05) is 0 Å². The second-order valence-electron chi connectivity index (χ2n) is 7.00. The van der Waals surface area contributed by atoms with Crippen LogP contribution in [0.15, 0.2) is 12.4 Å². The fourth-order valence-corrected chi connectivity index (χ4v) is 3.03. The maximum atomic E-state index is 13.1. The van der Waals surface area contributed by atoms with Crippen molar-refractivity contribution in [3.63, 3.8) is 0 Å². The third-order valence-electron chi connectivity index (χ3n) is 4.83. The van der Waals surface area contributed by atoms with Crippen molar-refractivity contribution < 1.29 is 27.7 Å². The lowest BCUT2D eigenvalue weighted by Gasteiger charge is -2.09. The number of nitrogens with one attached hydrogen (secondary N) is 2. The van der Waals surface area contributed by atoms with Crippen molar-refractivity contribution in [2.45, 2.75) is 26.6 Å². The van der Waals surface area contributed by atoms with Crippen LogP contribution >= 0.6 is 0 Å². The molecule has 16 heteroatoms. The molecule has 0 aliphatic heterocycles. The Labute approximate surface area is 183 Å². The normalized spacial score (nSPS) is 11.5. The number of anilines is 2. The van der Waals surface area contributed by atoms with E-state index in [0.717, 1.165) is 6.92 Å². The Kier molecular flexibility index (Phi) is 5.93. The third kappa shape index (κ3) is 4.53. The van der Waals surface area contributed by atoms with E-state index in [-0.39, 0.29) is 11.4 Å². The number of amides is 2. The summed E-state index contributed by atoms with van der Waals surface area (Å²) in [4.78, 5) is 35.1. The van der Waals surface area contributed by atoms with E-state index < -0.39 is 46.5 Å². The molecule has 0 aliphatic carbocycles. The number of hydrogen-bond donors (Lipinski definition) is 2. The van der Waals surface area contributed by atoms with Gasteiger partial charge in [-0.25, -0.2) is 0 Å². The van der Waals surface area contributed by atoms with Crippen molar-refractivity contribution >= 4 is 28.9 Å². The summed E-state index contributed by atoms with van der Waals surface area (Å²) in [6, 6.07) is 0. The van der Waals surface area contributed by atoms with E-state index in [1.165, 1.54) is 24.1 Å². The largest absolute Gasteiger partial charge is 0.442 e. The van der Waals surface area contributed by atoms with Crippen molar-refractivity contribution in [1.29, 1.82) is 0 Å². The zero-order valence-corrected chi connectivity index (χ0v) is 17.8. The first-order chi connectivity index (χ1) is 15.3. The molecule has 3 rings (SSSR count). The number of carbonyl (C=O) groups excluding carboxylic acids is 2. The van der Waals surface area contributed by atoms with E-state index in [9.17, 15) is 32.9 Å². The second kappa shape index (κ2) is 8.36. The molecular formula is C17H18F3N9O4. The smallest absolute Gasteiger partial charge is 0.321 e. The first-order valence-corrected chi connectivity index (χ1v) is 9.22. The van der Waals surface area contributed by atoms with Crippen LogP contribution in [0.2, 0.25) is 0 Å². The van der Waals surface area contributed by atoms with Gasteiger partial charge in [0.1, 0.15) is 17.9 Å². The molecule has 3 aromatic heterocycles. The average Bonchev–Trinajstić information content (AvgIpc) is 3.33. The molecule has 2 amide bonds. The minimum absolute atomic E-state index is 0.0168. The van der Waals surface area contributed by atoms with Crippen LogP contribution in [-0.2, 0) is 31.6 Å². The highest BCUT2D eigenvalue weighted by Crippen LogP contribution is 2.36. The van der Waals surface area contributed by atoms with E-state index >= 15 is 0 Å². The number of nitro groups is 1. The van der Waals surface area contributed by atoms with E-state index in [0.29, 0.717) is 16.1 Å². The van der Waals surface area contributed by atoms with Crippen molar-refractivity contribution in [2.24, 2.45) is 14.1 Å². The quantitative estimate of drug-likeness (QED) is 0.412. The fourth-order valence-electron chi connectivity index (χ4n) is 3.03. The van der Waals surface area contributed by atoms with Gasteiger partial charge in [0.05, 0.1) is 34.4 Å². The highest BCUT2D eigenvalue weighted by atomic mass is 19.4. The highest BCUT2D eigenvalue weighted by molar-refractivity contribution is 6.09. The van der Waals surface area contributed by atoms with E-state index in [4.69, 9.17) is 0 Å². The van der Waals surface area contributed by atoms with Gasteiger partial charge in [-0.3, -0.25) is 33.7 Å². The summed E-state index contributed by atoms with van der Waals surface area (Å²) in [5, 5.41) is 27.2. The second-order valence-corrected chi connectivity index (χ2v) is 7.00. The highest BCUT2D eigenvalue weighted by Gasteiger charge is 2.44. The van der Waals surface area contributed by atoms with Crippen molar-refractivity contribution in [1.82, 2.24) is 29.3 Å². The van der Waals surface area contributed by atoms with Crippen molar-refractivity contribution in [3.05, 3.63) is 45.3 Å². The number of aromatic nitrogens is 6. The Hall–Kier alpha value is -4.24. The fraction of sp³-hybridized carbons (Fsp3) is 0.353. The Morgan fingerprint density at radius 3 is 2.18 bits per heavy atom. The Bertz CT molecular complexity index is 1260. The van der Waals surface area contributed by atoms with Gasteiger partial charge in [-0.2, -0.15) is 28.5 Å². The van der Waals surface area contributed by atoms with Gasteiger partial charge in [0.25, 0.3) is 5.91 Å². The van der Waals surface area contributed by atoms with Gasteiger partial charge in [0.2, 0.25) is 11.6 Å². The van der Waals surface area contributed by atoms with Crippen molar-refractivity contribution in [3.8, 4) is 0 Å². The van der Waals surface area contributed by atoms with Crippen LogP contribution in [0.1, 0.15) is 27.6 Å². The third-order valence-corrected chi connectivity index (χ3v) is 4.83. The lowest BCUT2D eigenvalue weighted by atomic mass is 10.3. The Balaban J connectivity index is 1.82. The molecule has 33 heavy (non-hydrogen) atoms. The minimum atomic E-state index is -5.08. The Morgan fingerprint density at radius 2 is 1.67 bits per heavy atom. The molecule has 0 saturated carbocycles. The molecule has 0 atom stereocenters. The van der Waals surface area contributed by atoms with Gasteiger partial charge in [0, 0.05) is 14.1 Å². The molecule has 0 unspecified atom stereocenters. The number of alkyl halides is 3. The molecule has 0 aliphatic rings. The van der Waals surface area contributed by atoms with Gasteiger partial charge < -0.3 is 10.6 Å². The summed E-state index contributed by atoms with van der Waals surface area (Å²) in [5.41, 5.74) is -2.33. The van der Waals surface area contributed by atoms with E-state index in [1.54, 1.807) is 18.7 Å². The number of halogens is 3. The van der Waals surface area contributed by atoms with Crippen LogP contribution in [0.4, 0.5) is 30.2 Å². The lowest BCUT2D eigenvalue weighted by Crippen LogP contribution is -2.23. The zero-order chi connectivity index (χ0) is 24.7. The predicted molar refractivity (Wildman–Crippen MR) is 106 cm³/mol. The molecule has 0 bridgehead atoms. The van der Waals surface area contributed by atoms with Gasteiger partial charge in [0.15, 0.2) is 0 Å². The molecule has 176 valence electrons. The summed E-state index contributed by atoms with van der Waals surface area (Å²) in [6.07, 6.45) is -2.45. The van der Waals surface area contributed by atoms with Crippen LogP contribution in [0.3, 0.4) is 0 Å².